The molecule has 4 nitrogen and oxygen atoms in total. The van der Waals surface area contributed by atoms with Gasteiger partial charge in [0.05, 0.1) is 12.6 Å². The summed E-state index contributed by atoms with van der Waals surface area (Å²) in [6.45, 7) is 6.01. The fourth-order valence-corrected chi connectivity index (χ4v) is 4.86. The van der Waals surface area contributed by atoms with Gasteiger partial charge in [0.25, 0.3) is 0 Å². The van der Waals surface area contributed by atoms with Crippen molar-refractivity contribution in [3.63, 3.8) is 0 Å². The van der Waals surface area contributed by atoms with E-state index < -0.39 is 0 Å². The smallest absolute Gasteiger partial charge is 0.318 e. The van der Waals surface area contributed by atoms with Crippen LogP contribution < -0.4 is 5.32 Å². The van der Waals surface area contributed by atoms with Crippen molar-refractivity contribution in [2.45, 2.75) is 57.8 Å². The first-order valence-corrected chi connectivity index (χ1v) is 9.16. The fourth-order valence-electron chi connectivity index (χ4n) is 4.16. The van der Waals surface area contributed by atoms with Crippen molar-refractivity contribution < 1.29 is 9.53 Å². The molecule has 0 unspecified atom stereocenters. The number of nitrogens with one attached hydrogen (secondary N) is 1. The summed E-state index contributed by atoms with van der Waals surface area (Å²) in [7, 11) is 0. The van der Waals surface area contributed by atoms with Gasteiger partial charge in [-0.3, -0.25) is 0 Å². The quantitative estimate of drug-likeness (QED) is 0.925. The van der Waals surface area contributed by atoms with E-state index in [1.165, 1.54) is 4.88 Å². The fraction of sp³-hybridized carbons (Fsp3) is 0.706. The van der Waals surface area contributed by atoms with E-state index in [4.69, 9.17) is 4.74 Å². The second-order valence-corrected chi connectivity index (χ2v) is 8.46. The van der Waals surface area contributed by atoms with Crippen molar-refractivity contribution in [1.82, 2.24) is 10.2 Å². The van der Waals surface area contributed by atoms with E-state index in [-0.39, 0.29) is 17.5 Å². The molecule has 0 radical (unpaired) electrons. The third-order valence-corrected chi connectivity index (χ3v) is 6.40. The Labute approximate surface area is 135 Å². The van der Waals surface area contributed by atoms with Crippen molar-refractivity contribution in [2.24, 2.45) is 11.3 Å². The first-order chi connectivity index (χ1) is 10.6. The van der Waals surface area contributed by atoms with Gasteiger partial charge in [-0.25, -0.2) is 4.79 Å². The SMILES string of the molecule is CC1(C)[C@H](NC(=O)N(Cc2cccs2)C2CC2)[C@@H]2CCO[C@H]21. The van der Waals surface area contributed by atoms with Gasteiger partial charge in [-0.05, 0) is 30.7 Å². The van der Waals surface area contributed by atoms with E-state index in [0.29, 0.717) is 18.1 Å². The largest absolute Gasteiger partial charge is 0.377 e. The summed E-state index contributed by atoms with van der Waals surface area (Å²) in [5.41, 5.74) is 0.0506. The van der Waals surface area contributed by atoms with Crippen LogP contribution in [-0.4, -0.2) is 35.7 Å². The van der Waals surface area contributed by atoms with Crippen LogP contribution in [-0.2, 0) is 11.3 Å². The van der Waals surface area contributed by atoms with Crippen LogP contribution in [0.5, 0.6) is 0 Å². The van der Waals surface area contributed by atoms with Crippen LogP contribution in [0.15, 0.2) is 17.5 Å². The Hall–Kier alpha value is -1.07. The molecular weight excluding hydrogens is 296 g/mol. The number of hydrogen-bond acceptors (Lipinski definition) is 3. The van der Waals surface area contributed by atoms with E-state index in [1.807, 2.05) is 4.90 Å². The van der Waals surface area contributed by atoms with E-state index in [1.54, 1.807) is 11.3 Å². The summed E-state index contributed by atoms with van der Waals surface area (Å²) in [5, 5.41) is 5.40. The van der Waals surface area contributed by atoms with Crippen molar-refractivity contribution in [1.29, 1.82) is 0 Å². The van der Waals surface area contributed by atoms with Gasteiger partial charge < -0.3 is 15.0 Å². The molecular formula is C17H24N2O2S. The second kappa shape index (κ2) is 5.24. The standard InChI is InChI=1S/C17H24N2O2S/c1-17(2)14(13-7-8-21-15(13)17)18-16(20)19(11-5-6-11)10-12-4-3-9-22-12/h3-4,9,11,13-15H,5-8,10H2,1-2H3,(H,18,20)/t13-,14+,15+/m0/s1. The molecule has 1 aromatic rings. The predicted octanol–water partition coefficient (Wildman–Crippen LogP) is 3.24. The first kappa shape index (κ1) is 14.5. The van der Waals surface area contributed by atoms with Gasteiger partial charge in [-0.1, -0.05) is 19.9 Å². The van der Waals surface area contributed by atoms with Gasteiger partial charge in [-0.2, -0.15) is 0 Å². The van der Waals surface area contributed by atoms with Crippen molar-refractivity contribution in [3.05, 3.63) is 22.4 Å². The van der Waals surface area contributed by atoms with Crippen LogP contribution in [0.1, 0.15) is 38.0 Å². The summed E-state index contributed by atoms with van der Waals surface area (Å²) < 4.78 is 5.82. The lowest BCUT2D eigenvalue weighted by Crippen LogP contribution is -2.67. The number of amides is 2. The molecule has 1 N–H and O–H groups in total. The maximum atomic E-state index is 12.8. The Bertz CT molecular complexity index is 553. The predicted molar refractivity (Wildman–Crippen MR) is 86.8 cm³/mol. The molecule has 0 spiro atoms. The number of rotatable bonds is 4. The molecule has 1 aromatic heterocycles. The summed E-state index contributed by atoms with van der Waals surface area (Å²) in [6.07, 6.45) is 3.68. The van der Waals surface area contributed by atoms with E-state index >= 15 is 0 Å². The summed E-state index contributed by atoms with van der Waals surface area (Å²) >= 11 is 1.73. The Morgan fingerprint density at radius 1 is 1.45 bits per heavy atom. The lowest BCUT2D eigenvalue weighted by atomic mass is 9.57. The number of carbonyl (C=O) groups is 1. The van der Waals surface area contributed by atoms with Crippen molar-refractivity contribution in [2.75, 3.05) is 6.61 Å². The minimum atomic E-state index is 0.0506. The molecule has 3 atom stereocenters. The first-order valence-electron chi connectivity index (χ1n) is 8.28. The normalized spacial score (nSPS) is 32.2. The number of thiophene rings is 1. The topological polar surface area (TPSA) is 41.6 Å². The minimum Gasteiger partial charge on any atom is -0.377 e. The summed E-state index contributed by atoms with van der Waals surface area (Å²) in [4.78, 5) is 16.1. The van der Waals surface area contributed by atoms with Crippen LogP contribution >= 0.6 is 11.3 Å². The molecule has 1 aliphatic heterocycles. The molecule has 120 valence electrons. The van der Waals surface area contributed by atoms with Gasteiger partial charge in [0.1, 0.15) is 0 Å². The molecule has 5 heteroatoms. The molecule has 0 bridgehead atoms. The maximum Gasteiger partial charge on any atom is 0.318 e. The maximum absolute atomic E-state index is 12.8. The molecule has 2 saturated carbocycles. The Morgan fingerprint density at radius 2 is 2.27 bits per heavy atom. The lowest BCUT2D eigenvalue weighted by Gasteiger charge is -2.54. The minimum absolute atomic E-state index is 0.0506. The van der Waals surface area contributed by atoms with Crippen LogP contribution in [0.2, 0.25) is 0 Å². The average molecular weight is 320 g/mol. The number of carbonyl (C=O) groups excluding carboxylic acids is 1. The van der Waals surface area contributed by atoms with E-state index in [0.717, 1.165) is 32.4 Å². The molecule has 3 aliphatic rings. The van der Waals surface area contributed by atoms with Crippen LogP contribution in [0.25, 0.3) is 0 Å². The Morgan fingerprint density at radius 3 is 2.95 bits per heavy atom. The van der Waals surface area contributed by atoms with Crippen molar-refractivity contribution >= 4 is 17.4 Å². The zero-order valence-corrected chi connectivity index (χ0v) is 14.1. The second-order valence-electron chi connectivity index (χ2n) is 7.43. The van der Waals surface area contributed by atoms with Gasteiger partial charge in [0, 0.05) is 34.9 Å². The van der Waals surface area contributed by atoms with Gasteiger partial charge in [0.2, 0.25) is 0 Å². The number of fused-ring (bicyclic) bond motifs is 1. The van der Waals surface area contributed by atoms with E-state index in [2.05, 4.69) is 36.7 Å². The molecule has 4 rings (SSSR count). The lowest BCUT2D eigenvalue weighted by molar-refractivity contribution is -0.109. The zero-order chi connectivity index (χ0) is 15.3. The molecule has 0 aromatic carbocycles. The number of hydrogen-bond donors (Lipinski definition) is 1. The third kappa shape index (κ3) is 2.35. The third-order valence-electron chi connectivity index (χ3n) is 5.53. The van der Waals surface area contributed by atoms with Crippen LogP contribution in [0.4, 0.5) is 4.79 Å². The van der Waals surface area contributed by atoms with Crippen LogP contribution in [0.3, 0.4) is 0 Å². The molecule has 1 saturated heterocycles. The average Bonchev–Trinajstić information content (AvgIpc) is 3.03. The Balaban J connectivity index is 1.44. The monoisotopic (exact) mass is 320 g/mol. The highest BCUT2D eigenvalue weighted by Crippen LogP contribution is 2.52. The zero-order valence-electron chi connectivity index (χ0n) is 13.2. The van der Waals surface area contributed by atoms with Crippen LogP contribution in [0, 0.1) is 11.3 Å². The number of urea groups is 1. The summed E-state index contributed by atoms with van der Waals surface area (Å²) in [6, 6.07) is 4.96. The van der Waals surface area contributed by atoms with Gasteiger partial charge in [-0.15, -0.1) is 11.3 Å². The highest BCUT2D eigenvalue weighted by molar-refractivity contribution is 7.09. The summed E-state index contributed by atoms with van der Waals surface area (Å²) in [5.74, 6) is 0.502. The number of nitrogens with zero attached hydrogens (tertiary/aromatic N) is 1. The van der Waals surface area contributed by atoms with E-state index in [9.17, 15) is 4.79 Å². The highest BCUT2D eigenvalue weighted by Gasteiger charge is 2.60. The number of ether oxygens (including phenoxy) is 1. The highest BCUT2D eigenvalue weighted by atomic mass is 32.1. The molecule has 22 heavy (non-hydrogen) atoms. The molecule has 3 fully saturated rings. The van der Waals surface area contributed by atoms with Gasteiger partial charge in [0.15, 0.2) is 0 Å². The molecule has 2 heterocycles. The molecule has 2 amide bonds. The Kier molecular flexibility index (Phi) is 3.46. The molecule has 2 aliphatic carbocycles. The van der Waals surface area contributed by atoms with Gasteiger partial charge >= 0.3 is 6.03 Å². The van der Waals surface area contributed by atoms with Crippen molar-refractivity contribution in [3.8, 4) is 0 Å².